The van der Waals surface area contributed by atoms with Gasteiger partial charge in [0.05, 0.1) is 0 Å². The predicted octanol–water partition coefficient (Wildman–Crippen LogP) is 2.79. The Kier molecular flexibility index (Phi) is 6.14. The third-order valence-electron chi connectivity index (χ3n) is 3.09. The van der Waals surface area contributed by atoms with Gasteiger partial charge < -0.3 is 9.80 Å². The highest BCUT2D eigenvalue weighted by molar-refractivity contribution is 5.94. The molecule has 0 saturated heterocycles. The maximum atomic E-state index is 13.3. The summed E-state index contributed by atoms with van der Waals surface area (Å²) >= 11 is 0. The first-order valence-corrected chi connectivity index (χ1v) is 7.01. The van der Waals surface area contributed by atoms with E-state index in [1.54, 1.807) is 19.1 Å². The number of nitrogens with zero attached hydrogens (tertiary/aromatic N) is 2. The number of benzene rings is 1. The van der Waals surface area contributed by atoms with E-state index in [2.05, 4.69) is 18.7 Å². The molecule has 112 valence electrons. The van der Waals surface area contributed by atoms with Crippen molar-refractivity contribution in [2.75, 3.05) is 33.7 Å². The average Bonchev–Trinajstić information content (AvgIpc) is 2.36. The molecule has 0 atom stereocenters. The minimum Gasteiger partial charge on any atom is -0.337 e. The number of likely N-dealkylation sites (N-methyl/N-ethyl adjacent to an activating group) is 1. The van der Waals surface area contributed by atoms with E-state index in [1.807, 2.05) is 19.0 Å². The predicted molar refractivity (Wildman–Crippen MR) is 80.4 cm³/mol. The minimum absolute atomic E-state index is 0.0244. The van der Waals surface area contributed by atoms with Gasteiger partial charge in [0.25, 0.3) is 5.91 Å². The number of hydrogen-bond acceptors (Lipinski definition) is 2. The maximum absolute atomic E-state index is 13.3. The zero-order valence-corrected chi connectivity index (χ0v) is 13.1. The fourth-order valence-electron chi connectivity index (χ4n) is 2.00. The molecule has 1 aromatic rings. The summed E-state index contributed by atoms with van der Waals surface area (Å²) in [5, 5.41) is 0. The lowest BCUT2D eigenvalue weighted by molar-refractivity contribution is 0.0724. The molecule has 1 amide bonds. The second kappa shape index (κ2) is 7.39. The molecular weight excluding hydrogens is 255 g/mol. The lowest BCUT2D eigenvalue weighted by atomic mass is 10.1. The Balaban J connectivity index is 2.87. The number of hydrogen-bond donors (Lipinski definition) is 0. The van der Waals surface area contributed by atoms with Gasteiger partial charge in [0.2, 0.25) is 0 Å². The molecule has 0 aliphatic heterocycles. The van der Waals surface area contributed by atoms with Crippen molar-refractivity contribution < 1.29 is 9.18 Å². The van der Waals surface area contributed by atoms with Crippen LogP contribution in [-0.4, -0.2) is 49.4 Å². The Bertz CT molecular complexity index is 458. The summed E-state index contributed by atoms with van der Waals surface area (Å²) in [6, 6.07) is 4.55. The van der Waals surface area contributed by atoms with Crippen LogP contribution in [0, 0.1) is 18.7 Å². The molecule has 3 nitrogen and oxygen atoms in total. The van der Waals surface area contributed by atoms with Crippen LogP contribution in [0.5, 0.6) is 0 Å². The summed E-state index contributed by atoms with van der Waals surface area (Å²) in [6.45, 7) is 8.07. The lowest BCUT2D eigenvalue weighted by Gasteiger charge is -2.26. The first-order valence-electron chi connectivity index (χ1n) is 7.01. The topological polar surface area (TPSA) is 23.6 Å². The summed E-state index contributed by atoms with van der Waals surface area (Å²) in [5.74, 6) is 0.108. The molecule has 0 radical (unpaired) electrons. The molecule has 0 aliphatic carbocycles. The minimum atomic E-state index is -0.273. The van der Waals surface area contributed by atoms with Crippen LogP contribution < -0.4 is 0 Å². The highest BCUT2D eigenvalue weighted by Crippen LogP contribution is 2.12. The van der Waals surface area contributed by atoms with E-state index in [-0.39, 0.29) is 11.7 Å². The first kappa shape index (κ1) is 16.6. The SMILES string of the molecule is Cc1cc(C(=O)N(CCN(C)C)CC(C)C)ccc1F. The van der Waals surface area contributed by atoms with Gasteiger partial charge >= 0.3 is 0 Å². The van der Waals surface area contributed by atoms with Gasteiger partial charge in [-0.15, -0.1) is 0 Å². The Morgan fingerprint density at radius 1 is 1.25 bits per heavy atom. The van der Waals surface area contributed by atoms with E-state index in [0.29, 0.717) is 30.1 Å². The van der Waals surface area contributed by atoms with E-state index in [4.69, 9.17) is 0 Å². The number of carbonyl (C=O) groups excluding carboxylic acids is 1. The molecule has 1 rings (SSSR count). The van der Waals surface area contributed by atoms with Crippen molar-refractivity contribution in [1.82, 2.24) is 9.80 Å². The molecule has 0 bridgehead atoms. The Morgan fingerprint density at radius 2 is 1.90 bits per heavy atom. The summed E-state index contributed by atoms with van der Waals surface area (Å²) in [5.41, 5.74) is 1.07. The van der Waals surface area contributed by atoms with Crippen LogP contribution in [0.25, 0.3) is 0 Å². The van der Waals surface area contributed by atoms with Crippen molar-refractivity contribution in [3.8, 4) is 0 Å². The maximum Gasteiger partial charge on any atom is 0.253 e. The van der Waals surface area contributed by atoms with Crippen LogP contribution in [0.3, 0.4) is 0 Å². The second-order valence-electron chi connectivity index (χ2n) is 5.91. The van der Waals surface area contributed by atoms with Crippen molar-refractivity contribution in [2.24, 2.45) is 5.92 Å². The highest BCUT2D eigenvalue weighted by Gasteiger charge is 2.17. The van der Waals surface area contributed by atoms with Gasteiger partial charge in [-0.05, 0) is 50.7 Å². The average molecular weight is 280 g/mol. The molecule has 0 N–H and O–H groups in total. The van der Waals surface area contributed by atoms with E-state index >= 15 is 0 Å². The monoisotopic (exact) mass is 280 g/mol. The number of aryl methyl sites for hydroxylation is 1. The molecule has 0 spiro atoms. The molecule has 4 heteroatoms. The fraction of sp³-hybridized carbons (Fsp3) is 0.562. The van der Waals surface area contributed by atoms with Crippen LogP contribution in [0.2, 0.25) is 0 Å². The summed E-state index contributed by atoms with van der Waals surface area (Å²) in [6.07, 6.45) is 0. The van der Waals surface area contributed by atoms with Crippen LogP contribution in [0.15, 0.2) is 18.2 Å². The highest BCUT2D eigenvalue weighted by atomic mass is 19.1. The van der Waals surface area contributed by atoms with Gasteiger partial charge in [-0.25, -0.2) is 4.39 Å². The number of carbonyl (C=O) groups is 1. The number of amides is 1. The van der Waals surface area contributed by atoms with Crippen LogP contribution in [0.4, 0.5) is 4.39 Å². The van der Waals surface area contributed by atoms with E-state index in [9.17, 15) is 9.18 Å². The van der Waals surface area contributed by atoms with Crippen LogP contribution in [0.1, 0.15) is 29.8 Å². The van der Waals surface area contributed by atoms with E-state index in [1.165, 1.54) is 6.07 Å². The molecule has 0 heterocycles. The number of halogens is 1. The van der Waals surface area contributed by atoms with Gasteiger partial charge in [0.15, 0.2) is 0 Å². The second-order valence-corrected chi connectivity index (χ2v) is 5.91. The molecule has 0 saturated carbocycles. The molecular formula is C16H25FN2O. The smallest absolute Gasteiger partial charge is 0.253 e. The quantitative estimate of drug-likeness (QED) is 0.800. The van der Waals surface area contributed by atoms with Crippen molar-refractivity contribution in [1.29, 1.82) is 0 Å². The van der Waals surface area contributed by atoms with E-state index in [0.717, 1.165) is 6.54 Å². The Labute approximate surface area is 121 Å². The molecule has 1 aromatic carbocycles. The van der Waals surface area contributed by atoms with E-state index < -0.39 is 0 Å². The van der Waals surface area contributed by atoms with Crippen LogP contribution in [-0.2, 0) is 0 Å². The van der Waals surface area contributed by atoms with Crippen molar-refractivity contribution in [3.63, 3.8) is 0 Å². The third-order valence-corrected chi connectivity index (χ3v) is 3.09. The van der Waals surface area contributed by atoms with Gasteiger partial charge in [-0.1, -0.05) is 13.8 Å². The largest absolute Gasteiger partial charge is 0.337 e. The zero-order valence-electron chi connectivity index (χ0n) is 13.1. The lowest BCUT2D eigenvalue weighted by Crippen LogP contribution is -2.39. The summed E-state index contributed by atoms with van der Waals surface area (Å²) in [4.78, 5) is 16.4. The zero-order chi connectivity index (χ0) is 15.3. The normalized spacial score (nSPS) is 11.2. The molecule has 0 aliphatic rings. The van der Waals surface area contributed by atoms with Crippen molar-refractivity contribution in [3.05, 3.63) is 35.1 Å². The van der Waals surface area contributed by atoms with Gasteiger partial charge in [0, 0.05) is 25.2 Å². The molecule has 0 fully saturated rings. The van der Waals surface area contributed by atoms with Crippen molar-refractivity contribution in [2.45, 2.75) is 20.8 Å². The Morgan fingerprint density at radius 3 is 2.40 bits per heavy atom. The standard InChI is InChI=1S/C16H25FN2O/c1-12(2)11-19(9-8-18(4)5)16(20)14-6-7-15(17)13(3)10-14/h6-7,10,12H,8-9,11H2,1-5H3. The van der Waals surface area contributed by atoms with Gasteiger partial charge in [-0.2, -0.15) is 0 Å². The third kappa shape index (κ3) is 4.93. The van der Waals surface area contributed by atoms with Crippen LogP contribution >= 0.6 is 0 Å². The molecule has 0 unspecified atom stereocenters. The summed E-state index contributed by atoms with van der Waals surface area (Å²) in [7, 11) is 3.97. The van der Waals surface area contributed by atoms with Gasteiger partial charge in [-0.3, -0.25) is 4.79 Å². The Hall–Kier alpha value is -1.42. The summed E-state index contributed by atoms with van der Waals surface area (Å²) < 4.78 is 13.3. The van der Waals surface area contributed by atoms with Gasteiger partial charge in [0.1, 0.15) is 5.82 Å². The fourth-order valence-corrected chi connectivity index (χ4v) is 2.00. The molecule has 0 aromatic heterocycles. The first-order chi connectivity index (χ1) is 9.31. The van der Waals surface area contributed by atoms with Crippen molar-refractivity contribution >= 4 is 5.91 Å². The molecule has 20 heavy (non-hydrogen) atoms. The number of rotatable bonds is 6.